The van der Waals surface area contributed by atoms with Crippen LogP contribution in [0, 0.1) is 6.92 Å². The lowest BCUT2D eigenvalue weighted by Gasteiger charge is -2.32. The molecule has 3 aromatic heterocycles. The fourth-order valence-corrected chi connectivity index (χ4v) is 8.96. The highest BCUT2D eigenvalue weighted by Gasteiger charge is 2.43. The van der Waals surface area contributed by atoms with Crippen LogP contribution < -0.4 is 16.0 Å². The van der Waals surface area contributed by atoms with Crippen LogP contribution in [0.3, 0.4) is 0 Å². The molecule has 5 amide bonds. The normalized spacial score (nSPS) is 18.3. The number of nitrogens with one attached hydrogen (secondary N) is 4. The van der Waals surface area contributed by atoms with Gasteiger partial charge in [0.2, 0.25) is 12.3 Å². The van der Waals surface area contributed by atoms with Gasteiger partial charge in [0.05, 0.1) is 33.9 Å². The summed E-state index contributed by atoms with van der Waals surface area (Å²) in [5, 5.41) is 15.4. The van der Waals surface area contributed by atoms with E-state index in [1.54, 1.807) is 18.2 Å². The van der Waals surface area contributed by atoms with Crippen molar-refractivity contribution >= 4 is 63.3 Å². The molecule has 3 aliphatic rings. The number of piperidine rings is 1. The van der Waals surface area contributed by atoms with Gasteiger partial charge in [0.1, 0.15) is 11.9 Å². The lowest BCUT2D eigenvalue weighted by molar-refractivity contribution is -0.128. The fourth-order valence-electron chi connectivity index (χ4n) is 8.96. The number of aryl methyl sites for hydroxylation is 1. The van der Waals surface area contributed by atoms with Crippen molar-refractivity contribution in [1.82, 2.24) is 39.8 Å². The summed E-state index contributed by atoms with van der Waals surface area (Å²) in [4.78, 5) is 77.8. The number of benzene rings is 2. The van der Waals surface area contributed by atoms with Gasteiger partial charge in [-0.1, -0.05) is 25.5 Å². The number of fused-ring (bicyclic) bond motifs is 3. The molecule has 4 N–H and O–H groups in total. The van der Waals surface area contributed by atoms with Crippen molar-refractivity contribution in [3.8, 4) is 0 Å². The number of hydrogen-bond acceptors (Lipinski definition) is 10. The molecule has 58 heavy (non-hydrogen) atoms. The Morgan fingerprint density at radius 3 is 2.62 bits per heavy atom. The number of rotatable bonds is 14. The molecule has 0 bridgehead atoms. The van der Waals surface area contributed by atoms with E-state index in [0.717, 1.165) is 84.3 Å². The van der Waals surface area contributed by atoms with Crippen molar-refractivity contribution in [1.29, 1.82) is 0 Å². The number of carbonyl (C=O) groups is 5. The molecule has 0 spiro atoms. The van der Waals surface area contributed by atoms with Crippen LogP contribution in [0.15, 0.2) is 54.7 Å². The van der Waals surface area contributed by atoms with Crippen molar-refractivity contribution < 1.29 is 24.0 Å². The van der Waals surface area contributed by atoms with Crippen LogP contribution in [0.5, 0.6) is 0 Å². The summed E-state index contributed by atoms with van der Waals surface area (Å²) >= 11 is 0. The maximum absolute atomic E-state index is 13.5. The molecule has 302 valence electrons. The highest BCUT2D eigenvalue weighted by Crippen LogP contribution is 2.34. The molecule has 3 aliphatic heterocycles. The molecule has 2 atom stereocenters. The van der Waals surface area contributed by atoms with E-state index in [1.165, 1.54) is 12.1 Å². The lowest BCUT2D eigenvalue weighted by atomic mass is 10.0. The molecule has 0 aliphatic carbocycles. The highest BCUT2D eigenvalue weighted by atomic mass is 16.2. The maximum atomic E-state index is 13.5. The number of pyridine rings is 1. The van der Waals surface area contributed by atoms with Gasteiger partial charge < -0.3 is 20.5 Å². The second-order valence-corrected chi connectivity index (χ2v) is 15.7. The van der Waals surface area contributed by atoms with Crippen LogP contribution in [0.1, 0.15) is 106 Å². The minimum Gasteiger partial charge on any atom is -0.384 e. The van der Waals surface area contributed by atoms with Crippen LogP contribution >= 0.6 is 0 Å². The Balaban J connectivity index is 0.861. The smallest absolute Gasteiger partial charge is 0.264 e. The zero-order valence-electron chi connectivity index (χ0n) is 33.2. The van der Waals surface area contributed by atoms with E-state index in [0.29, 0.717) is 36.1 Å². The number of nitrogens with zero attached hydrogens (tertiary/aromatic N) is 6. The second-order valence-electron chi connectivity index (χ2n) is 15.7. The number of H-pyrrole nitrogens is 1. The van der Waals surface area contributed by atoms with Crippen LogP contribution in [0.25, 0.3) is 21.8 Å². The third-order valence-corrected chi connectivity index (χ3v) is 12.0. The molecule has 2 aromatic carbocycles. The summed E-state index contributed by atoms with van der Waals surface area (Å²) in [6.07, 6.45) is 7.83. The summed E-state index contributed by atoms with van der Waals surface area (Å²) in [6.45, 7) is 8.16. The van der Waals surface area contributed by atoms with Crippen molar-refractivity contribution in [3.63, 3.8) is 0 Å². The molecule has 0 saturated carbocycles. The van der Waals surface area contributed by atoms with E-state index in [4.69, 9.17) is 5.10 Å². The van der Waals surface area contributed by atoms with E-state index >= 15 is 0 Å². The van der Waals surface area contributed by atoms with Gasteiger partial charge in [0.15, 0.2) is 0 Å². The largest absolute Gasteiger partial charge is 0.384 e. The standard InChI is InChI=1S/C43H50N10O5/c1-4-8-36(41(56)46-25-54)52-42(57)31-9-5-10-32(39(31)43(52)58)44-16-7-18-51-19-14-29(15-20-51)53-37-22-27(12-13-30(37)26(2)49-53)40(55)48-38-23-33-28(24-45-38)21-34(47-33)35-11-6-17-50(35)3/h5,9-10,12-13,21-25,29,35-36,44,47H,4,6-8,11,14-20H2,1-3H3,(H,45,48,55)(H,46,54,56). The molecule has 0 radical (unpaired) electrons. The van der Waals surface area contributed by atoms with Gasteiger partial charge in [0, 0.05) is 65.7 Å². The number of anilines is 2. The average molecular weight is 787 g/mol. The third kappa shape index (κ3) is 7.47. The van der Waals surface area contributed by atoms with Gasteiger partial charge in [-0.2, -0.15) is 5.10 Å². The first-order chi connectivity index (χ1) is 28.1. The predicted molar refractivity (Wildman–Crippen MR) is 221 cm³/mol. The SMILES string of the molecule is CCCC(C(=O)NC=O)N1C(=O)c2cccc(NCCCN3CCC(n4nc(C)c5ccc(C(=O)Nc6cc7[nH]c(C8CCCN8C)cc7cn6)cc54)CC3)c2C1=O. The van der Waals surface area contributed by atoms with Crippen molar-refractivity contribution in [2.75, 3.05) is 50.4 Å². The lowest BCUT2D eigenvalue weighted by Crippen LogP contribution is -2.49. The average Bonchev–Trinajstić information content (AvgIpc) is 3.99. The molecular weight excluding hydrogens is 737 g/mol. The highest BCUT2D eigenvalue weighted by molar-refractivity contribution is 6.25. The second kappa shape index (κ2) is 16.5. The molecule has 15 nitrogen and oxygen atoms in total. The molecule has 8 rings (SSSR count). The van der Waals surface area contributed by atoms with Crippen LogP contribution in [0.4, 0.5) is 11.5 Å². The molecule has 2 saturated heterocycles. The zero-order chi connectivity index (χ0) is 40.5. The minimum atomic E-state index is -1.06. The molecular formula is C43H50N10O5. The van der Waals surface area contributed by atoms with E-state index in [9.17, 15) is 24.0 Å². The molecule has 2 unspecified atom stereocenters. The Labute approximate surface area is 336 Å². The Hall–Kier alpha value is -5.93. The van der Waals surface area contributed by atoms with Crippen molar-refractivity contribution in [2.45, 2.75) is 76.9 Å². The first-order valence-corrected chi connectivity index (χ1v) is 20.4. The first-order valence-electron chi connectivity index (χ1n) is 20.4. The summed E-state index contributed by atoms with van der Waals surface area (Å²) < 4.78 is 2.09. The van der Waals surface area contributed by atoms with Gasteiger partial charge >= 0.3 is 0 Å². The zero-order valence-corrected chi connectivity index (χ0v) is 33.2. The van der Waals surface area contributed by atoms with E-state index in [-0.39, 0.29) is 35.9 Å². The predicted octanol–water partition coefficient (Wildman–Crippen LogP) is 5.42. The quantitative estimate of drug-likeness (QED) is 0.0646. The Bertz CT molecular complexity index is 2400. The van der Waals surface area contributed by atoms with E-state index in [1.807, 2.05) is 44.3 Å². The van der Waals surface area contributed by atoms with E-state index < -0.39 is 23.8 Å². The third-order valence-electron chi connectivity index (χ3n) is 12.0. The summed E-state index contributed by atoms with van der Waals surface area (Å²) in [6, 6.07) is 14.4. The number of likely N-dealkylation sites (tertiary alicyclic amines) is 2. The topological polar surface area (TPSA) is 178 Å². The Morgan fingerprint density at radius 1 is 1.03 bits per heavy atom. The van der Waals surface area contributed by atoms with Crippen LogP contribution in [-0.2, 0) is 9.59 Å². The minimum absolute atomic E-state index is 0.192. The molecule has 6 heterocycles. The number of hydrogen-bond donors (Lipinski definition) is 4. The summed E-state index contributed by atoms with van der Waals surface area (Å²) in [5.74, 6) is -1.46. The van der Waals surface area contributed by atoms with Gasteiger partial charge in [-0.15, -0.1) is 0 Å². The van der Waals surface area contributed by atoms with E-state index in [2.05, 4.69) is 53.5 Å². The maximum Gasteiger partial charge on any atom is 0.264 e. The number of aromatic amines is 1. The number of imide groups is 2. The van der Waals surface area contributed by atoms with Crippen LogP contribution in [-0.4, -0.2) is 110 Å². The number of carbonyl (C=O) groups excluding carboxylic acids is 5. The van der Waals surface area contributed by atoms with Gasteiger partial charge in [-0.25, -0.2) is 4.98 Å². The summed E-state index contributed by atoms with van der Waals surface area (Å²) in [5.41, 5.74) is 5.61. The van der Waals surface area contributed by atoms with Gasteiger partial charge in [0.25, 0.3) is 17.7 Å². The number of aromatic nitrogens is 4. The van der Waals surface area contributed by atoms with Crippen molar-refractivity contribution in [3.05, 3.63) is 82.8 Å². The molecule has 5 aromatic rings. The number of amides is 5. The van der Waals surface area contributed by atoms with Gasteiger partial charge in [-0.3, -0.25) is 43.8 Å². The summed E-state index contributed by atoms with van der Waals surface area (Å²) in [7, 11) is 2.15. The molecule has 15 heteroatoms. The fraction of sp³-hybridized carbons (Fsp3) is 0.419. The van der Waals surface area contributed by atoms with Crippen LogP contribution in [0.2, 0.25) is 0 Å². The Kier molecular flexibility index (Phi) is 11.1. The Morgan fingerprint density at radius 2 is 1.86 bits per heavy atom. The first kappa shape index (κ1) is 38.9. The monoisotopic (exact) mass is 786 g/mol. The molecule has 2 fully saturated rings. The van der Waals surface area contributed by atoms with Gasteiger partial charge in [-0.05, 0) is 95.9 Å². The van der Waals surface area contributed by atoms with Crippen molar-refractivity contribution in [2.24, 2.45) is 0 Å².